The van der Waals surface area contributed by atoms with Gasteiger partial charge in [0.2, 0.25) is 5.91 Å². The van der Waals surface area contributed by atoms with Gasteiger partial charge in [-0.05, 0) is 43.7 Å². The highest BCUT2D eigenvalue weighted by Gasteiger charge is 2.22. The Bertz CT molecular complexity index is 385. The van der Waals surface area contributed by atoms with Crippen molar-refractivity contribution in [1.82, 2.24) is 10.6 Å². The number of rotatable bonds is 6. The standard InChI is InChI=1S/C13H20N2OS/c1-9-6-8-17-13(9)10(2)14-7-5-12(16)15-11-3-4-11/h6,8,10-11,14H,3-5,7H2,1-2H3,(H,15,16). The van der Waals surface area contributed by atoms with Crippen LogP contribution in [0.2, 0.25) is 0 Å². The van der Waals surface area contributed by atoms with Crippen LogP contribution in [-0.2, 0) is 4.79 Å². The van der Waals surface area contributed by atoms with Gasteiger partial charge in [0, 0.05) is 29.9 Å². The number of aryl methyl sites for hydroxylation is 1. The quantitative estimate of drug-likeness (QED) is 0.816. The lowest BCUT2D eigenvalue weighted by Gasteiger charge is -2.13. The van der Waals surface area contributed by atoms with Crippen molar-refractivity contribution in [1.29, 1.82) is 0 Å². The van der Waals surface area contributed by atoms with Crippen molar-refractivity contribution in [2.45, 2.75) is 45.2 Å². The van der Waals surface area contributed by atoms with Crippen LogP contribution in [0.3, 0.4) is 0 Å². The summed E-state index contributed by atoms with van der Waals surface area (Å²) in [6.45, 7) is 5.03. The molecule has 2 rings (SSSR count). The fraction of sp³-hybridized carbons (Fsp3) is 0.615. The van der Waals surface area contributed by atoms with Crippen molar-refractivity contribution in [3.63, 3.8) is 0 Å². The molecule has 1 amide bonds. The Morgan fingerprint density at radius 2 is 2.35 bits per heavy atom. The average molecular weight is 252 g/mol. The molecule has 17 heavy (non-hydrogen) atoms. The van der Waals surface area contributed by atoms with Gasteiger partial charge in [-0.15, -0.1) is 11.3 Å². The van der Waals surface area contributed by atoms with E-state index < -0.39 is 0 Å². The van der Waals surface area contributed by atoms with Gasteiger partial charge in [-0.3, -0.25) is 4.79 Å². The zero-order valence-corrected chi connectivity index (χ0v) is 11.3. The molecule has 1 saturated carbocycles. The summed E-state index contributed by atoms with van der Waals surface area (Å²) in [6.07, 6.45) is 2.89. The molecular formula is C13H20N2OS. The smallest absolute Gasteiger partial charge is 0.221 e. The molecule has 0 saturated heterocycles. The van der Waals surface area contributed by atoms with Gasteiger partial charge in [0.15, 0.2) is 0 Å². The highest BCUT2D eigenvalue weighted by Crippen LogP contribution is 2.23. The van der Waals surface area contributed by atoms with Gasteiger partial charge >= 0.3 is 0 Å². The van der Waals surface area contributed by atoms with Gasteiger partial charge < -0.3 is 10.6 Å². The van der Waals surface area contributed by atoms with Gasteiger partial charge in [-0.1, -0.05) is 0 Å². The van der Waals surface area contributed by atoms with E-state index in [1.807, 2.05) is 0 Å². The van der Waals surface area contributed by atoms with E-state index in [0.29, 0.717) is 18.5 Å². The van der Waals surface area contributed by atoms with E-state index in [9.17, 15) is 4.79 Å². The Hall–Kier alpha value is -0.870. The minimum atomic E-state index is 0.176. The summed E-state index contributed by atoms with van der Waals surface area (Å²) in [5, 5.41) is 8.51. The van der Waals surface area contributed by atoms with Crippen LogP contribution in [0.25, 0.3) is 0 Å². The first-order chi connectivity index (χ1) is 8.16. The molecule has 1 aliphatic rings. The lowest BCUT2D eigenvalue weighted by atomic mass is 10.2. The van der Waals surface area contributed by atoms with Crippen LogP contribution >= 0.6 is 11.3 Å². The van der Waals surface area contributed by atoms with Crippen LogP contribution in [0.15, 0.2) is 11.4 Å². The SMILES string of the molecule is Cc1ccsc1C(C)NCCC(=O)NC1CC1. The topological polar surface area (TPSA) is 41.1 Å². The molecule has 3 nitrogen and oxygen atoms in total. The predicted octanol–water partition coefficient (Wildman–Crippen LogP) is 2.38. The first-order valence-corrected chi connectivity index (χ1v) is 7.11. The number of nitrogens with one attached hydrogen (secondary N) is 2. The van der Waals surface area contributed by atoms with E-state index >= 15 is 0 Å². The highest BCUT2D eigenvalue weighted by atomic mass is 32.1. The first-order valence-electron chi connectivity index (χ1n) is 6.23. The van der Waals surface area contributed by atoms with E-state index in [1.54, 1.807) is 11.3 Å². The van der Waals surface area contributed by atoms with Gasteiger partial charge in [0.05, 0.1) is 0 Å². The molecule has 1 atom stereocenters. The molecule has 0 radical (unpaired) electrons. The van der Waals surface area contributed by atoms with E-state index in [0.717, 1.165) is 19.4 Å². The van der Waals surface area contributed by atoms with Gasteiger partial charge in [0.1, 0.15) is 0 Å². The van der Waals surface area contributed by atoms with Crippen LogP contribution in [-0.4, -0.2) is 18.5 Å². The molecule has 1 unspecified atom stereocenters. The van der Waals surface area contributed by atoms with E-state index in [-0.39, 0.29) is 5.91 Å². The molecule has 4 heteroatoms. The van der Waals surface area contributed by atoms with Gasteiger partial charge in [-0.25, -0.2) is 0 Å². The lowest BCUT2D eigenvalue weighted by Crippen LogP contribution is -2.30. The van der Waals surface area contributed by atoms with Crippen molar-refractivity contribution in [3.8, 4) is 0 Å². The molecule has 0 aromatic carbocycles. The summed E-state index contributed by atoms with van der Waals surface area (Å²) >= 11 is 1.77. The summed E-state index contributed by atoms with van der Waals surface area (Å²) in [5.74, 6) is 0.176. The van der Waals surface area contributed by atoms with Crippen molar-refractivity contribution in [3.05, 3.63) is 21.9 Å². The van der Waals surface area contributed by atoms with E-state index in [4.69, 9.17) is 0 Å². The predicted molar refractivity (Wildman–Crippen MR) is 71.3 cm³/mol. The number of carbonyl (C=O) groups is 1. The van der Waals surface area contributed by atoms with Crippen molar-refractivity contribution < 1.29 is 4.79 Å². The van der Waals surface area contributed by atoms with Gasteiger partial charge in [-0.2, -0.15) is 0 Å². The molecule has 0 bridgehead atoms. The Labute approximate surface area is 107 Å². The van der Waals surface area contributed by atoms with Crippen molar-refractivity contribution >= 4 is 17.2 Å². The Kier molecular flexibility index (Phi) is 4.18. The normalized spacial score (nSPS) is 16.8. The maximum Gasteiger partial charge on any atom is 0.221 e. The second-order valence-electron chi connectivity index (χ2n) is 4.74. The third-order valence-electron chi connectivity index (χ3n) is 3.04. The second kappa shape index (κ2) is 5.65. The van der Waals surface area contributed by atoms with Crippen molar-refractivity contribution in [2.75, 3.05) is 6.54 Å². The number of hydrogen-bond donors (Lipinski definition) is 2. The molecule has 1 fully saturated rings. The maximum atomic E-state index is 11.5. The van der Waals surface area contributed by atoms with E-state index in [2.05, 4.69) is 35.9 Å². The zero-order valence-electron chi connectivity index (χ0n) is 10.5. The fourth-order valence-corrected chi connectivity index (χ4v) is 2.81. The molecule has 0 spiro atoms. The number of carbonyl (C=O) groups excluding carboxylic acids is 1. The first kappa shape index (κ1) is 12.6. The molecule has 1 aliphatic carbocycles. The monoisotopic (exact) mass is 252 g/mol. The number of hydrogen-bond acceptors (Lipinski definition) is 3. The largest absolute Gasteiger partial charge is 0.353 e. The second-order valence-corrected chi connectivity index (χ2v) is 5.68. The van der Waals surface area contributed by atoms with Crippen LogP contribution in [0.5, 0.6) is 0 Å². The minimum absolute atomic E-state index is 0.176. The van der Waals surface area contributed by atoms with E-state index in [1.165, 1.54) is 10.4 Å². The fourth-order valence-electron chi connectivity index (χ4n) is 1.85. The molecular weight excluding hydrogens is 232 g/mol. The van der Waals surface area contributed by atoms with Gasteiger partial charge in [0.25, 0.3) is 0 Å². The van der Waals surface area contributed by atoms with Crippen LogP contribution in [0, 0.1) is 6.92 Å². The van der Waals surface area contributed by atoms with Crippen molar-refractivity contribution in [2.24, 2.45) is 0 Å². The average Bonchev–Trinajstić information content (AvgIpc) is 2.98. The Morgan fingerprint density at radius 1 is 1.59 bits per heavy atom. The third-order valence-corrected chi connectivity index (χ3v) is 4.24. The maximum absolute atomic E-state index is 11.5. The molecule has 1 heterocycles. The summed E-state index contributed by atoms with van der Waals surface area (Å²) in [5.41, 5.74) is 1.33. The lowest BCUT2D eigenvalue weighted by molar-refractivity contribution is -0.121. The summed E-state index contributed by atoms with van der Waals surface area (Å²) in [7, 11) is 0. The molecule has 2 N–H and O–H groups in total. The Balaban J connectivity index is 1.67. The zero-order chi connectivity index (χ0) is 12.3. The summed E-state index contributed by atoms with van der Waals surface area (Å²) in [4.78, 5) is 12.8. The molecule has 1 aromatic rings. The minimum Gasteiger partial charge on any atom is -0.353 e. The summed E-state index contributed by atoms with van der Waals surface area (Å²) < 4.78 is 0. The number of thiophene rings is 1. The molecule has 0 aliphatic heterocycles. The summed E-state index contributed by atoms with van der Waals surface area (Å²) in [6, 6.07) is 2.95. The third kappa shape index (κ3) is 3.82. The highest BCUT2D eigenvalue weighted by molar-refractivity contribution is 7.10. The Morgan fingerprint density at radius 3 is 2.94 bits per heavy atom. The molecule has 1 aromatic heterocycles. The van der Waals surface area contributed by atoms with Crippen LogP contribution in [0.4, 0.5) is 0 Å². The van der Waals surface area contributed by atoms with Crippen LogP contribution in [0.1, 0.15) is 42.7 Å². The number of amides is 1. The van der Waals surface area contributed by atoms with Crippen LogP contribution < -0.4 is 10.6 Å². The molecule has 94 valence electrons.